The van der Waals surface area contributed by atoms with Gasteiger partial charge in [0.15, 0.2) is 5.15 Å². The normalized spacial score (nSPS) is 14.8. The molecule has 1 aliphatic carbocycles. The van der Waals surface area contributed by atoms with E-state index in [1.165, 1.54) is 32.1 Å². The summed E-state index contributed by atoms with van der Waals surface area (Å²) in [5, 5.41) is 4.11. The van der Waals surface area contributed by atoms with Crippen molar-refractivity contribution in [1.29, 1.82) is 0 Å². The second-order valence-electron chi connectivity index (χ2n) is 7.42. The van der Waals surface area contributed by atoms with Crippen molar-refractivity contribution in [1.82, 2.24) is 4.98 Å². The summed E-state index contributed by atoms with van der Waals surface area (Å²) in [5.74, 6) is -0.189. The molecule has 4 nitrogen and oxygen atoms in total. The summed E-state index contributed by atoms with van der Waals surface area (Å²) in [6.45, 7) is 0. The highest BCUT2D eigenvalue weighted by Crippen LogP contribution is 2.27. The predicted molar refractivity (Wildman–Crippen MR) is 116 cm³/mol. The van der Waals surface area contributed by atoms with Crippen LogP contribution in [-0.4, -0.2) is 24.0 Å². The Morgan fingerprint density at radius 1 is 1.07 bits per heavy atom. The fourth-order valence-electron chi connectivity index (χ4n) is 3.90. The van der Waals surface area contributed by atoms with Crippen LogP contribution in [0.15, 0.2) is 54.6 Å². The Kier molecular flexibility index (Phi) is 5.49. The molecule has 0 atom stereocenters. The van der Waals surface area contributed by atoms with Gasteiger partial charge in [0.1, 0.15) is 0 Å². The van der Waals surface area contributed by atoms with Crippen LogP contribution in [0.25, 0.3) is 10.9 Å². The molecule has 0 bridgehead atoms. The van der Waals surface area contributed by atoms with Gasteiger partial charge in [-0.3, -0.25) is 4.79 Å². The van der Waals surface area contributed by atoms with Crippen LogP contribution in [0.3, 0.4) is 0 Å². The van der Waals surface area contributed by atoms with E-state index in [1.807, 2.05) is 54.6 Å². The first-order valence-electron chi connectivity index (χ1n) is 9.81. The largest absolute Gasteiger partial charge is 0.372 e. The molecule has 1 aromatic heterocycles. The minimum atomic E-state index is -0.189. The number of aromatic nitrogens is 1. The molecule has 1 amide bonds. The maximum absolute atomic E-state index is 12.7. The van der Waals surface area contributed by atoms with Crippen molar-refractivity contribution in [2.75, 3.05) is 17.3 Å². The fourth-order valence-corrected chi connectivity index (χ4v) is 4.09. The highest BCUT2D eigenvalue weighted by atomic mass is 35.5. The number of hydrogen-bond acceptors (Lipinski definition) is 3. The molecule has 1 aliphatic rings. The molecular formula is C23H24ClN3O. The zero-order chi connectivity index (χ0) is 19.5. The molecule has 28 heavy (non-hydrogen) atoms. The molecule has 0 radical (unpaired) electrons. The van der Waals surface area contributed by atoms with Gasteiger partial charge >= 0.3 is 0 Å². The van der Waals surface area contributed by atoms with Crippen molar-refractivity contribution in [2.24, 2.45) is 0 Å². The van der Waals surface area contributed by atoms with E-state index >= 15 is 0 Å². The van der Waals surface area contributed by atoms with Crippen molar-refractivity contribution in [3.63, 3.8) is 0 Å². The summed E-state index contributed by atoms with van der Waals surface area (Å²) in [4.78, 5) is 19.4. The summed E-state index contributed by atoms with van der Waals surface area (Å²) < 4.78 is 0. The van der Waals surface area contributed by atoms with Crippen LogP contribution in [0, 0.1) is 0 Å². The first-order valence-corrected chi connectivity index (χ1v) is 10.2. The van der Waals surface area contributed by atoms with Gasteiger partial charge in [-0.1, -0.05) is 49.1 Å². The Morgan fingerprint density at radius 2 is 1.79 bits per heavy atom. The van der Waals surface area contributed by atoms with E-state index in [1.54, 1.807) is 0 Å². The van der Waals surface area contributed by atoms with Crippen molar-refractivity contribution >= 4 is 39.8 Å². The molecule has 1 N–H and O–H groups in total. The number of halogens is 1. The Morgan fingerprint density at radius 3 is 2.54 bits per heavy atom. The summed E-state index contributed by atoms with van der Waals surface area (Å²) in [7, 11) is 2.14. The lowest BCUT2D eigenvalue weighted by molar-refractivity contribution is 0.102. The van der Waals surface area contributed by atoms with Gasteiger partial charge in [0, 0.05) is 29.7 Å². The van der Waals surface area contributed by atoms with Crippen LogP contribution < -0.4 is 10.2 Å². The standard InChI is InChI=1S/C23H24ClN3O/c1-27(18-8-3-2-4-9-18)19-13-11-16(12-14-19)23(28)26-21-15-17-7-5-6-10-20(17)25-22(21)24/h5-7,10-15,18H,2-4,8-9H2,1H3,(H,26,28). The van der Waals surface area contributed by atoms with E-state index in [4.69, 9.17) is 11.6 Å². The van der Waals surface area contributed by atoms with Gasteiger partial charge in [-0.2, -0.15) is 0 Å². The average molecular weight is 394 g/mol. The van der Waals surface area contributed by atoms with Gasteiger partial charge in [0.25, 0.3) is 5.91 Å². The minimum Gasteiger partial charge on any atom is -0.372 e. The Labute approximate surface area is 170 Å². The number of fused-ring (bicyclic) bond motifs is 1. The van der Waals surface area contributed by atoms with Gasteiger partial charge in [-0.15, -0.1) is 0 Å². The number of nitrogens with zero attached hydrogens (tertiary/aromatic N) is 2. The summed E-state index contributed by atoms with van der Waals surface area (Å²) in [6.07, 6.45) is 6.43. The van der Waals surface area contributed by atoms with Crippen molar-refractivity contribution < 1.29 is 4.79 Å². The first kappa shape index (κ1) is 18.8. The Bertz CT molecular complexity index is 981. The van der Waals surface area contributed by atoms with Crippen LogP contribution in [0.5, 0.6) is 0 Å². The number of carbonyl (C=O) groups excluding carboxylic acids is 1. The first-order chi connectivity index (χ1) is 13.6. The monoisotopic (exact) mass is 393 g/mol. The Balaban J connectivity index is 1.48. The lowest BCUT2D eigenvalue weighted by Crippen LogP contribution is -2.33. The van der Waals surface area contributed by atoms with Crippen LogP contribution in [0.1, 0.15) is 42.5 Å². The van der Waals surface area contributed by atoms with Crippen molar-refractivity contribution in [2.45, 2.75) is 38.1 Å². The lowest BCUT2D eigenvalue weighted by atomic mass is 9.94. The van der Waals surface area contributed by atoms with E-state index in [0.29, 0.717) is 22.4 Å². The second kappa shape index (κ2) is 8.19. The quantitative estimate of drug-likeness (QED) is 0.560. The molecule has 0 aliphatic heterocycles. The van der Waals surface area contributed by atoms with Crippen LogP contribution in [0.2, 0.25) is 5.15 Å². The van der Waals surface area contributed by atoms with Crippen LogP contribution >= 0.6 is 11.6 Å². The van der Waals surface area contributed by atoms with E-state index in [9.17, 15) is 4.79 Å². The molecule has 3 aromatic rings. The minimum absolute atomic E-state index is 0.189. The predicted octanol–water partition coefficient (Wildman–Crippen LogP) is 5.91. The Hall–Kier alpha value is -2.59. The van der Waals surface area contributed by atoms with E-state index in [0.717, 1.165) is 16.6 Å². The molecule has 0 unspecified atom stereocenters. The molecule has 1 saturated carbocycles. The third kappa shape index (κ3) is 3.97. The maximum Gasteiger partial charge on any atom is 0.255 e. The van der Waals surface area contributed by atoms with E-state index < -0.39 is 0 Å². The van der Waals surface area contributed by atoms with E-state index in [-0.39, 0.29) is 5.91 Å². The number of nitrogens with one attached hydrogen (secondary N) is 1. The SMILES string of the molecule is CN(c1ccc(C(=O)Nc2cc3ccccc3nc2Cl)cc1)C1CCCCC1. The number of rotatable bonds is 4. The number of anilines is 2. The molecule has 1 heterocycles. The summed E-state index contributed by atoms with van der Waals surface area (Å²) in [5.41, 5.74) is 3.08. The maximum atomic E-state index is 12.7. The molecule has 0 spiro atoms. The van der Waals surface area contributed by atoms with Gasteiger partial charge in [-0.05, 0) is 49.2 Å². The number of amides is 1. The number of para-hydroxylation sites is 1. The van der Waals surface area contributed by atoms with Gasteiger partial charge in [0.05, 0.1) is 11.2 Å². The highest BCUT2D eigenvalue weighted by molar-refractivity contribution is 6.33. The topological polar surface area (TPSA) is 45.2 Å². The zero-order valence-electron chi connectivity index (χ0n) is 16.0. The molecule has 0 saturated heterocycles. The number of hydrogen-bond donors (Lipinski definition) is 1. The van der Waals surface area contributed by atoms with Gasteiger partial charge in [0.2, 0.25) is 0 Å². The zero-order valence-corrected chi connectivity index (χ0v) is 16.7. The molecule has 1 fully saturated rings. The number of benzene rings is 2. The number of pyridine rings is 1. The molecule has 144 valence electrons. The van der Waals surface area contributed by atoms with Gasteiger partial charge < -0.3 is 10.2 Å². The second-order valence-corrected chi connectivity index (χ2v) is 7.78. The molecule has 4 rings (SSSR count). The third-order valence-electron chi connectivity index (χ3n) is 5.58. The molecule has 2 aromatic carbocycles. The summed E-state index contributed by atoms with van der Waals surface area (Å²) >= 11 is 6.26. The van der Waals surface area contributed by atoms with Crippen molar-refractivity contribution in [3.05, 3.63) is 65.3 Å². The van der Waals surface area contributed by atoms with Crippen LogP contribution in [0.4, 0.5) is 11.4 Å². The molecule has 5 heteroatoms. The lowest BCUT2D eigenvalue weighted by Gasteiger charge is -2.33. The average Bonchev–Trinajstić information content (AvgIpc) is 2.74. The van der Waals surface area contributed by atoms with E-state index in [2.05, 4.69) is 22.2 Å². The number of carbonyl (C=O) groups is 1. The van der Waals surface area contributed by atoms with Gasteiger partial charge in [-0.25, -0.2) is 4.98 Å². The smallest absolute Gasteiger partial charge is 0.255 e. The van der Waals surface area contributed by atoms with Crippen LogP contribution in [-0.2, 0) is 0 Å². The highest BCUT2D eigenvalue weighted by Gasteiger charge is 2.18. The molecular weight excluding hydrogens is 370 g/mol. The third-order valence-corrected chi connectivity index (χ3v) is 5.87. The summed E-state index contributed by atoms with van der Waals surface area (Å²) in [6, 6.07) is 17.9. The fraction of sp³-hybridized carbons (Fsp3) is 0.304. The van der Waals surface area contributed by atoms with Crippen molar-refractivity contribution in [3.8, 4) is 0 Å².